The van der Waals surface area contributed by atoms with E-state index in [2.05, 4.69) is 10.5 Å². The average Bonchev–Trinajstić information content (AvgIpc) is 1.91. The molecule has 1 heterocycles. The molecule has 1 atom stereocenters. The van der Waals surface area contributed by atoms with Crippen molar-refractivity contribution < 1.29 is 15.3 Å². The minimum Gasteiger partial charge on any atom is -0.461 e. The lowest BCUT2D eigenvalue weighted by atomic mass is 10.3. The Morgan fingerprint density at radius 3 is 2.71 bits per heavy atom. The van der Waals surface area contributed by atoms with E-state index >= 15 is 0 Å². The molecule has 1 aliphatic heterocycles. The number of hydrogen-bond acceptors (Lipinski definition) is 2. The lowest BCUT2D eigenvalue weighted by Crippen LogP contribution is -2.63. The van der Waals surface area contributed by atoms with E-state index in [1.54, 1.807) is 0 Å². The Balaban J connectivity index is 2.48. The summed E-state index contributed by atoms with van der Waals surface area (Å²) in [6.07, 6.45) is 0.791. The van der Waals surface area contributed by atoms with Crippen LogP contribution in [0.4, 0.5) is 0 Å². The van der Waals surface area contributed by atoms with Crippen LogP contribution >= 0.6 is 0 Å². The Morgan fingerprint density at radius 1 is 1.86 bits per heavy atom. The molecule has 40 valence electrons. The van der Waals surface area contributed by atoms with Gasteiger partial charge in [-0.25, -0.2) is 4.79 Å². The van der Waals surface area contributed by atoms with Gasteiger partial charge >= 0.3 is 5.97 Å². The molecule has 3 N–H and O–H groups in total. The maximum Gasteiger partial charge on any atom is 0.364 e. The van der Waals surface area contributed by atoms with E-state index in [4.69, 9.17) is 0 Å². The second kappa shape index (κ2) is 1.50. The summed E-state index contributed by atoms with van der Waals surface area (Å²) in [4.78, 5) is 10.3. The normalized spacial score (nSPS) is 30.4. The minimum absolute atomic E-state index is 0.0972. The second-order valence-corrected chi connectivity index (χ2v) is 1.65. The summed E-state index contributed by atoms with van der Waals surface area (Å²) >= 11 is 0. The lowest BCUT2D eigenvalue weighted by Gasteiger charge is -1.86. The van der Waals surface area contributed by atoms with Crippen molar-refractivity contribution in [2.24, 2.45) is 0 Å². The van der Waals surface area contributed by atoms with Gasteiger partial charge in [-0.15, -0.1) is 0 Å². The number of carbonyl (C=O) groups is 1. The smallest absolute Gasteiger partial charge is 0.364 e. The maximum atomic E-state index is 10.3. The minimum atomic E-state index is -0.153. The van der Waals surface area contributed by atoms with Gasteiger partial charge in [0.1, 0.15) is 0 Å². The van der Waals surface area contributed by atoms with Gasteiger partial charge < -0.3 is 10.5 Å². The van der Waals surface area contributed by atoms with Crippen molar-refractivity contribution in [1.82, 2.24) is 0 Å². The predicted octanol–water partition coefficient (Wildman–Crippen LogP) is -1.46. The molecule has 3 heteroatoms. The molecular weight excluding hydrogens is 94.0 g/mol. The van der Waals surface area contributed by atoms with Gasteiger partial charge in [0.25, 0.3) is 0 Å². The Hall–Kier alpha value is -0.570. The van der Waals surface area contributed by atoms with Crippen molar-refractivity contribution in [3.05, 3.63) is 0 Å². The van der Waals surface area contributed by atoms with Gasteiger partial charge in [-0.1, -0.05) is 0 Å². The van der Waals surface area contributed by atoms with Gasteiger partial charge in [-0.05, 0) is 0 Å². The van der Waals surface area contributed by atoms with Gasteiger partial charge in [0.05, 0.1) is 6.61 Å². The molecule has 0 bridgehead atoms. The van der Waals surface area contributed by atoms with Crippen molar-refractivity contribution in [3.8, 4) is 0 Å². The predicted molar refractivity (Wildman–Crippen MR) is 22.3 cm³/mol. The quantitative estimate of drug-likeness (QED) is 0.380. The van der Waals surface area contributed by atoms with E-state index in [1.807, 2.05) is 0 Å². The van der Waals surface area contributed by atoms with Crippen LogP contribution in [0.5, 0.6) is 0 Å². The molecule has 0 aliphatic carbocycles. The molecule has 0 amide bonds. The molecule has 7 heavy (non-hydrogen) atoms. The molecule has 0 aromatic carbocycles. The summed E-state index contributed by atoms with van der Waals surface area (Å²) in [7, 11) is 0. The first kappa shape index (κ1) is 4.59. The fraction of sp³-hybridized carbons (Fsp3) is 0.750. The zero-order valence-corrected chi connectivity index (χ0v) is 4.02. The van der Waals surface area contributed by atoms with Crippen LogP contribution in [0.15, 0.2) is 0 Å². The standard InChI is InChI=1S/C4H7NO2/c5-3-1-2-7-4(3)6/h3H,1-2,5H2/p+1/t3-/m1/s1. The molecule has 0 aromatic heterocycles. The third-order valence-electron chi connectivity index (χ3n) is 1.04. The van der Waals surface area contributed by atoms with Crippen molar-refractivity contribution in [1.29, 1.82) is 0 Å². The molecular formula is C4H8NO2+. The first-order valence-electron chi connectivity index (χ1n) is 2.30. The highest BCUT2D eigenvalue weighted by atomic mass is 16.5. The zero-order chi connectivity index (χ0) is 5.28. The molecule has 0 saturated carbocycles. The zero-order valence-electron chi connectivity index (χ0n) is 4.02. The van der Waals surface area contributed by atoms with Gasteiger partial charge in [-0.3, -0.25) is 0 Å². The largest absolute Gasteiger partial charge is 0.461 e. The number of rotatable bonds is 0. The highest BCUT2D eigenvalue weighted by molar-refractivity contribution is 5.75. The number of ether oxygens (including phenoxy) is 1. The topological polar surface area (TPSA) is 53.9 Å². The molecule has 1 fully saturated rings. The van der Waals surface area contributed by atoms with Gasteiger partial charge in [-0.2, -0.15) is 0 Å². The first-order valence-corrected chi connectivity index (χ1v) is 2.30. The maximum absolute atomic E-state index is 10.3. The Bertz CT molecular complexity index is 91.7. The summed E-state index contributed by atoms with van der Waals surface area (Å²) < 4.78 is 4.56. The van der Waals surface area contributed by atoms with E-state index in [9.17, 15) is 4.79 Å². The highest BCUT2D eigenvalue weighted by Gasteiger charge is 2.24. The van der Waals surface area contributed by atoms with Crippen LogP contribution in [-0.4, -0.2) is 18.6 Å². The van der Waals surface area contributed by atoms with Crippen LogP contribution in [0.1, 0.15) is 6.42 Å². The summed E-state index contributed by atoms with van der Waals surface area (Å²) in [5.74, 6) is -0.153. The highest BCUT2D eigenvalue weighted by Crippen LogP contribution is 1.99. The third kappa shape index (κ3) is 0.718. The molecule has 0 radical (unpaired) electrons. The van der Waals surface area contributed by atoms with E-state index < -0.39 is 0 Å². The number of esters is 1. The van der Waals surface area contributed by atoms with Crippen LogP contribution in [0, 0.1) is 0 Å². The molecule has 0 unspecified atom stereocenters. The first-order chi connectivity index (χ1) is 3.30. The number of carbonyl (C=O) groups excluding carboxylic acids is 1. The Kier molecular flexibility index (Phi) is 0.982. The molecule has 0 aromatic rings. The summed E-state index contributed by atoms with van der Waals surface area (Å²) in [6.45, 7) is 0.562. The fourth-order valence-electron chi connectivity index (χ4n) is 0.537. The van der Waals surface area contributed by atoms with Gasteiger partial charge in [0.15, 0.2) is 6.04 Å². The van der Waals surface area contributed by atoms with Crippen LogP contribution < -0.4 is 5.73 Å². The molecule has 0 spiro atoms. The van der Waals surface area contributed by atoms with Gasteiger partial charge in [0, 0.05) is 6.42 Å². The van der Waals surface area contributed by atoms with Crippen molar-refractivity contribution in [2.75, 3.05) is 6.61 Å². The summed E-state index contributed by atoms with van der Waals surface area (Å²) in [5, 5.41) is 0. The van der Waals surface area contributed by atoms with Crippen LogP contribution in [-0.2, 0) is 9.53 Å². The van der Waals surface area contributed by atoms with Crippen molar-refractivity contribution in [3.63, 3.8) is 0 Å². The Morgan fingerprint density at radius 2 is 2.57 bits per heavy atom. The SMILES string of the molecule is [NH3+][C@@H]1CCOC1=O. The average molecular weight is 102 g/mol. The summed E-state index contributed by atoms with van der Waals surface area (Å²) in [5.41, 5.74) is 3.54. The Labute approximate surface area is 41.4 Å². The summed E-state index contributed by atoms with van der Waals surface area (Å²) in [6, 6.07) is -0.0972. The number of hydrogen-bond donors (Lipinski definition) is 1. The molecule has 1 saturated heterocycles. The van der Waals surface area contributed by atoms with Crippen molar-refractivity contribution >= 4 is 5.97 Å². The van der Waals surface area contributed by atoms with Crippen molar-refractivity contribution in [2.45, 2.75) is 12.5 Å². The van der Waals surface area contributed by atoms with Crippen LogP contribution in [0.2, 0.25) is 0 Å². The number of cyclic esters (lactones) is 1. The molecule has 1 aliphatic rings. The third-order valence-corrected chi connectivity index (χ3v) is 1.04. The van der Waals surface area contributed by atoms with Crippen LogP contribution in [0.25, 0.3) is 0 Å². The van der Waals surface area contributed by atoms with E-state index in [1.165, 1.54) is 0 Å². The van der Waals surface area contributed by atoms with E-state index in [0.29, 0.717) is 6.61 Å². The van der Waals surface area contributed by atoms with E-state index in [-0.39, 0.29) is 12.0 Å². The second-order valence-electron chi connectivity index (χ2n) is 1.65. The lowest BCUT2D eigenvalue weighted by molar-refractivity contribution is -0.401. The number of quaternary nitrogens is 1. The fourth-order valence-corrected chi connectivity index (χ4v) is 0.537. The molecule has 1 rings (SSSR count). The molecule has 3 nitrogen and oxygen atoms in total. The monoisotopic (exact) mass is 102 g/mol. The van der Waals surface area contributed by atoms with Crippen LogP contribution in [0.3, 0.4) is 0 Å². The van der Waals surface area contributed by atoms with E-state index in [0.717, 1.165) is 6.42 Å². The van der Waals surface area contributed by atoms with Gasteiger partial charge in [0.2, 0.25) is 0 Å².